The molecule has 1 heterocycles. The molecule has 0 bridgehead atoms. The number of hydrogen-bond acceptors (Lipinski definition) is 3. The first kappa shape index (κ1) is 14.0. The van der Waals surface area contributed by atoms with Gasteiger partial charge in [0.2, 0.25) is 5.91 Å². The summed E-state index contributed by atoms with van der Waals surface area (Å²) >= 11 is 0. The number of esters is 1. The third-order valence-electron chi connectivity index (χ3n) is 3.13. The molecule has 0 aromatic rings. The van der Waals surface area contributed by atoms with Crippen LogP contribution < -0.4 is 0 Å². The molecule has 1 amide bonds. The summed E-state index contributed by atoms with van der Waals surface area (Å²) in [7, 11) is 0. The molecule has 0 radical (unpaired) electrons. The maximum absolute atomic E-state index is 12.0. The van der Waals surface area contributed by atoms with Crippen LogP contribution in [0.5, 0.6) is 0 Å². The van der Waals surface area contributed by atoms with Crippen LogP contribution in [0.2, 0.25) is 0 Å². The van der Waals surface area contributed by atoms with E-state index in [2.05, 4.69) is 6.92 Å². The van der Waals surface area contributed by atoms with Gasteiger partial charge in [-0.15, -0.1) is 0 Å². The third kappa shape index (κ3) is 4.02. The van der Waals surface area contributed by atoms with Gasteiger partial charge in [0.1, 0.15) is 6.04 Å². The Morgan fingerprint density at radius 3 is 2.71 bits per heavy atom. The molecule has 17 heavy (non-hydrogen) atoms. The number of ether oxygens (including phenoxy) is 1. The van der Waals surface area contributed by atoms with Crippen molar-refractivity contribution in [1.29, 1.82) is 0 Å². The fourth-order valence-electron chi connectivity index (χ4n) is 2.19. The van der Waals surface area contributed by atoms with Crippen molar-refractivity contribution in [3.05, 3.63) is 0 Å². The fourth-order valence-corrected chi connectivity index (χ4v) is 2.19. The van der Waals surface area contributed by atoms with E-state index >= 15 is 0 Å². The van der Waals surface area contributed by atoms with Gasteiger partial charge in [-0.05, 0) is 32.6 Å². The molecule has 1 saturated heterocycles. The molecule has 0 N–H and O–H groups in total. The Hall–Kier alpha value is -1.06. The van der Waals surface area contributed by atoms with E-state index < -0.39 is 0 Å². The highest BCUT2D eigenvalue weighted by Crippen LogP contribution is 2.19. The number of likely N-dealkylation sites (tertiary alicyclic amines) is 1. The van der Waals surface area contributed by atoms with E-state index in [4.69, 9.17) is 4.74 Å². The van der Waals surface area contributed by atoms with Gasteiger partial charge in [-0.1, -0.05) is 13.3 Å². The molecule has 98 valence electrons. The Balaban J connectivity index is 2.58. The van der Waals surface area contributed by atoms with Crippen LogP contribution in [0.25, 0.3) is 0 Å². The molecule has 1 rings (SSSR count). The molecule has 4 heteroatoms. The van der Waals surface area contributed by atoms with Crippen molar-refractivity contribution in [2.24, 2.45) is 0 Å². The monoisotopic (exact) mass is 241 g/mol. The second kappa shape index (κ2) is 7.30. The van der Waals surface area contributed by atoms with Crippen LogP contribution in [0.15, 0.2) is 0 Å². The summed E-state index contributed by atoms with van der Waals surface area (Å²) in [5.74, 6) is -0.137. The zero-order valence-electron chi connectivity index (χ0n) is 10.9. The van der Waals surface area contributed by atoms with Crippen molar-refractivity contribution < 1.29 is 14.3 Å². The molecule has 1 unspecified atom stereocenters. The summed E-state index contributed by atoms with van der Waals surface area (Å²) in [4.78, 5) is 25.5. The second-order valence-corrected chi connectivity index (χ2v) is 4.45. The van der Waals surface area contributed by atoms with Crippen LogP contribution in [0, 0.1) is 0 Å². The number of nitrogens with zero attached hydrogens (tertiary/aromatic N) is 1. The molecular formula is C13H23NO3. The van der Waals surface area contributed by atoms with Gasteiger partial charge < -0.3 is 9.64 Å². The molecule has 4 nitrogen and oxygen atoms in total. The first-order valence-electron chi connectivity index (χ1n) is 6.66. The van der Waals surface area contributed by atoms with E-state index in [-0.39, 0.29) is 17.9 Å². The zero-order chi connectivity index (χ0) is 12.7. The number of hydrogen-bond donors (Lipinski definition) is 0. The standard InChI is InChI=1S/C13H23NO3/c1-3-5-9-12(15)14-10-7-6-8-11(14)13(16)17-4-2/h11H,3-10H2,1-2H3. The molecule has 0 spiro atoms. The van der Waals surface area contributed by atoms with Crippen molar-refractivity contribution in [2.45, 2.75) is 58.4 Å². The summed E-state index contributed by atoms with van der Waals surface area (Å²) in [5, 5.41) is 0. The molecule has 0 saturated carbocycles. The van der Waals surface area contributed by atoms with Gasteiger partial charge in [0, 0.05) is 13.0 Å². The largest absolute Gasteiger partial charge is 0.464 e. The molecule has 1 aliphatic rings. The molecule has 1 fully saturated rings. The smallest absolute Gasteiger partial charge is 0.328 e. The summed E-state index contributed by atoms with van der Waals surface area (Å²) in [6.45, 7) is 4.94. The molecule has 0 aromatic carbocycles. The molecule has 0 aromatic heterocycles. The van der Waals surface area contributed by atoms with Crippen LogP contribution in [0.3, 0.4) is 0 Å². The molecule has 1 atom stereocenters. The highest BCUT2D eigenvalue weighted by molar-refractivity contribution is 5.84. The normalized spacial score (nSPS) is 20.1. The Morgan fingerprint density at radius 2 is 2.06 bits per heavy atom. The lowest BCUT2D eigenvalue weighted by Gasteiger charge is -2.34. The lowest BCUT2D eigenvalue weighted by atomic mass is 10.0. The van der Waals surface area contributed by atoms with E-state index in [1.807, 2.05) is 0 Å². The summed E-state index contributed by atoms with van der Waals surface area (Å²) in [6.07, 6.45) is 5.19. The van der Waals surface area contributed by atoms with Gasteiger partial charge in [-0.25, -0.2) is 4.79 Å². The van der Waals surface area contributed by atoms with Crippen molar-refractivity contribution >= 4 is 11.9 Å². The van der Waals surface area contributed by atoms with Crippen molar-refractivity contribution in [2.75, 3.05) is 13.2 Å². The Morgan fingerprint density at radius 1 is 1.29 bits per heavy atom. The lowest BCUT2D eigenvalue weighted by molar-refractivity contribution is -0.156. The highest BCUT2D eigenvalue weighted by atomic mass is 16.5. The second-order valence-electron chi connectivity index (χ2n) is 4.45. The maximum atomic E-state index is 12.0. The van der Waals surface area contributed by atoms with Gasteiger partial charge in [0.05, 0.1) is 6.61 Å². The van der Waals surface area contributed by atoms with Gasteiger partial charge in [-0.3, -0.25) is 4.79 Å². The van der Waals surface area contributed by atoms with E-state index in [0.717, 1.165) is 32.1 Å². The topological polar surface area (TPSA) is 46.6 Å². The lowest BCUT2D eigenvalue weighted by Crippen LogP contribution is -2.48. The predicted octanol–water partition coefficient (Wildman–Crippen LogP) is 2.12. The minimum Gasteiger partial charge on any atom is -0.464 e. The average Bonchev–Trinajstić information content (AvgIpc) is 2.36. The van der Waals surface area contributed by atoms with Gasteiger partial charge >= 0.3 is 5.97 Å². The van der Waals surface area contributed by atoms with Crippen LogP contribution in [0.1, 0.15) is 52.4 Å². The first-order valence-corrected chi connectivity index (χ1v) is 6.66. The summed E-state index contributed by atoms with van der Waals surface area (Å²) in [5.41, 5.74) is 0. The number of carbonyl (C=O) groups excluding carboxylic acids is 2. The van der Waals surface area contributed by atoms with Gasteiger partial charge in [0.25, 0.3) is 0 Å². The Kier molecular flexibility index (Phi) is 6.01. The van der Waals surface area contributed by atoms with Crippen molar-refractivity contribution in [3.8, 4) is 0 Å². The van der Waals surface area contributed by atoms with Crippen LogP contribution >= 0.6 is 0 Å². The Bertz CT molecular complexity index is 265. The number of rotatable bonds is 5. The van der Waals surface area contributed by atoms with Crippen molar-refractivity contribution in [1.82, 2.24) is 4.90 Å². The maximum Gasteiger partial charge on any atom is 0.328 e. The quantitative estimate of drug-likeness (QED) is 0.693. The fraction of sp³-hybridized carbons (Fsp3) is 0.846. The number of carbonyl (C=O) groups is 2. The van der Waals surface area contributed by atoms with Crippen LogP contribution in [0.4, 0.5) is 0 Å². The number of piperidine rings is 1. The van der Waals surface area contributed by atoms with Crippen LogP contribution in [-0.4, -0.2) is 36.0 Å². The van der Waals surface area contributed by atoms with Gasteiger partial charge in [0.15, 0.2) is 0 Å². The minimum absolute atomic E-state index is 0.101. The van der Waals surface area contributed by atoms with Crippen LogP contribution in [-0.2, 0) is 14.3 Å². The van der Waals surface area contributed by atoms with E-state index in [1.54, 1.807) is 11.8 Å². The average molecular weight is 241 g/mol. The van der Waals surface area contributed by atoms with Gasteiger partial charge in [-0.2, -0.15) is 0 Å². The van der Waals surface area contributed by atoms with E-state index in [1.165, 1.54) is 0 Å². The highest BCUT2D eigenvalue weighted by Gasteiger charge is 2.32. The van der Waals surface area contributed by atoms with E-state index in [0.29, 0.717) is 19.6 Å². The SMILES string of the molecule is CCCCC(=O)N1CCCCC1C(=O)OCC. The predicted molar refractivity (Wildman–Crippen MR) is 65.5 cm³/mol. The minimum atomic E-state index is -0.340. The zero-order valence-corrected chi connectivity index (χ0v) is 10.9. The molecule has 1 aliphatic heterocycles. The Labute approximate surface area is 103 Å². The molecule has 0 aliphatic carbocycles. The molecular weight excluding hydrogens is 218 g/mol. The summed E-state index contributed by atoms with van der Waals surface area (Å²) < 4.78 is 5.03. The number of amides is 1. The van der Waals surface area contributed by atoms with E-state index in [9.17, 15) is 9.59 Å². The first-order chi connectivity index (χ1) is 8.20. The van der Waals surface area contributed by atoms with Crippen molar-refractivity contribution in [3.63, 3.8) is 0 Å². The number of unbranched alkanes of at least 4 members (excludes halogenated alkanes) is 1. The summed E-state index contributed by atoms with van der Waals surface area (Å²) in [6, 6.07) is -0.340. The third-order valence-corrected chi connectivity index (χ3v) is 3.13.